The lowest BCUT2D eigenvalue weighted by Gasteiger charge is -2.03. The molecule has 0 unspecified atom stereocenters. The van der Waals surface area contributed by atoms with Crippen LogP contribution in [0.25, 0.3) is 0 Å². The Morgan fingerprint density at radius 2 is 2.11 bits per heavy atom. The first-order valence-corrected chi connectivity index (χ1v) is 6.42. The van der Waals surface area contributed by atoms with Crippen molar-refractivity contribution in [1.82, 2.24) is 9.97 Å². The Morgan fingerprint density at radius 3 is 2.74 bits per heavy atom. The van der Waals surface area contributed by atoms with Crippen LogP contribution in [0.2, 0.25) is 0 Å². The van der Waals surface area contributed by atoms with Gasteiger partial charge in [0.15, 0.2) is 11.0 Å². The molecule has 0 aliphatic carbocycles. The van der Waals surface area contributed by atoms with Crippen LogP contribution in [0, 0.1) is 0 Å². The Hall–Kier alpha value is -2.28. The summed E-state index contributed by atoms with van der Waals surface area (Å²) in [5, 5.41) is 12.1. The zero-order valence-electron chi connectivity index (χ0n) is 9.91. The minimum atomic E-state index is -0.167. The maximum Gasteiger partial charge on any atom is 0.251 e. The summed E-state index contributed by atoms with van der Waals surface area (Å²) in [6.07, 6.45) is 1.47. The second-order valence-corrected chi connectivity index (χ2v) is 4.67. The highest BCUT2D eigenvalue weighted by atomic mass is 32.2. The number of nitrogens with two attached hydrogens (primary N) is 1. The third-order valence-electron chi connectivity index (χ3n) is 2.38. The van der Waals surface area contributed by atoms with Gasteiger partial charge in [0.25, 0.3) is 5.56 Å². The van der Waals surface area contributed by atoms with E-state index in [1.807, 2.05) is 12.1 Å². The fourth-order valence-electron chi connectivity index (χ4n) is 1.41. The maximum absolute atomic E-state index is 11.1. The monoisotopic (exact) mass is 276 g/mol. The summed E-state index contributed by atoms with van der Waals surface area (Å²) in [5.74, 6) is 0.747. The molecule has 0 radical (unpaired) electrons. The molecule has 1 aromatic carbocycles. The van der Waals surface area contributed by atoms with Gasteiger partial charge in [0.1, 0.15) is 0 Å². The Morgan fingerprint density at radius 1 is 1.37 bits per heavy atom. The fourth-order valence-corrected chi connectivity index (χ4v) is 2.21. The van der Waals surface area contributed by atoms with E-state index in [-0.39, 0.29) is 11.4 Å². The van der Waals surface area contributed by atoms with Gasteiger partial charge in [0, 0.05) is 23.6 Å². The molecular formula is C12H12N4O2S. The molecule has 7 heteroatoms. The van der Waals surface area contributed by atoms with Gasteiger partial charge >= 0.3 is 0 Å². The molecule has 0 fully saturated rings. The molecule has 0 aliphatic rings. The lowest BCUT2D eigenvalue weighted by atomic mass is 10.1. The van der Waals surface area contributed by atoms with E-state index in [1.165, 1.54) is 24.0 Å². The summed E-state index contributed by atoms with van der Waals surface area (Å²) >= 11 is 1.43. The van der Waals surface area contributed by atoms with E-state index in [4.69, 9.17) is 10.9 Å². The summed E-state index contributed by atoms with van der Waals surface area (Å²) < 4.78 is 0. The molecule has 2 aromatic rings. The highest BCUT2D eigenvalue weighted by Crippen LogP contribution is 2.18. The predicted molar refractivity (Wildman–Crippen MR) is 73.4 cm³/mol. The Balaban J connectivity index is 2.02. The third kappa shape index (κ3) is 3.59. The van der Waals surface area contributed by atoms with Crippen LogP contribution in [0.3, 0.4) is 0 Å². The van der Waals surface area contributed by atoms with E-state index in [9.17, 15) is 4.79 Å². The second-order valence-electron chi connectivity index (χ2n) is 3.71. The number of aromatic nitrogens is 2. The number of thioether (sulfide) groups is 1. The molecule has 0 saturated heterocycles. The van der Waals surface area contributed by atoms with Gasteiger partial charge in [-0.3, -0.25) is 4.79 Å². The normalized spacial score (nSPS) is 11.5. The van der Waals surface area contributed by atoms with E-state index in [1.54, 1.807) is 12.1 Å². The third-order valence-corrected chi connectivity index (χ3v) is 3.34. The van der Waals surface area contributed by atoms with Crippen molar-refractivity contribution < 1.29 is 5.21 Å². The number of hydrogen-bond acceptors (Lipinski definition) is 5. The standard InChI is InChI=1S/C12H12N4O2S/c13-11(16-18)9-3-1-8(2-4-9)7-19-12-14-6-5-10(17)15-12/h1-6,18H,7H2,(H2,13,16)(H,14,15,17). The number of nitrogens with zero attached hydrogens (tertiary/aromatic N) is 2. The van der Waals surface area contributed by atoms with Crippen LogP contribution in [0.4, 0.5) is 0 Å². The zero-order valence-corrected chi connectivity index (χ0v) is 10.7. The predicted octanol–water partition coefficient (Wildman–Crippen LogP) is 1.16. The number of rotatable bonds is 4. The molecule has 4 N–H and O–H groups in total. The van der Waals surface area contributed by atoms with Gasteiger partial charge in [0.2, 0.25) is 0 Å². The first kappa shape index (κ1) is 13.2. The Labute approximate surface area is 113 Å². The highest BCUT2D eigenvalue weighted by Gasteiger charge is 2.01. The van der Waals surface area contributed by atoms with Crippen LogP contribution >= 0.6 is 11.8 Å². The van der Waals surface area contributed by atoms with Crippen LogP contribution in [0.15, 0.2) is 51.6 Å². The average molecular weight is 276 g/mol. The molecule has 98 valence electrons. The van der Waals surface area contributed by atoms with Crippen molar-refractivity contribution in [1.29, 1.82) is 0 Å². The molecule has 0 amide bonds. The van der Waals surface area contributed by atoms with Crippen LogP contribution in [0.1, 0.15) is 11.1 Å². The minimum absolute atomic E-state index is 0.0771. The molecule has 0 spiro atoms. The van der Waals surface area contributed by atoms with Gasteiger partial charge in [-0.2, -0.15) is 0 Å². The Kier molecular flexibility index (Phi) is 4.19. The number of aromatic amines is 1. The lowest BCUT2D eigenvalue weighted by molar-refractivity contribution is 0.318. The summed E-state index contributed by atoms with van der Waals surface area (Å²) in [5.41, 5.74) is 7.01. The molecule has 0 bridgehead atoms. The molecule has 6 nitrogen and oxygen atoms in total. The van der Waals surface area contributed by atoms with Crippen molar-refractivity contribution in [3.8, 4) is 0 Å². The van der Waals surface area contributed by atoms with Crippen LogP contribution < -0.4 is 11.3 Å². The van der Waals surface area contributed by atoms with Crippen LogP contribution in [-0.2, 0) is 5.75 Å². The number of amidine groups is 1. The van der Waals surface area contributed by atoms with Crippen molar-refractivity contribution in [3.05, 3.63) is 58.0 Å². The summed E-state index contributed by atoms with van der Waals surface area (Å²) in [7, 11) is 0. The van der Waals surface area contributed by atoms with Gasteiger partial charge in [-0.25, -0.2) is 4.98 Å². The first-order valence-electron chi connectivity index (χ1n) is 5.44. The number of oxime groups is 1. The van der Waals surface area contributed by atoms with E-state index < -0.39 is 0 Å². The van der Waals surface area contributed by atoms with E-state index in [0.29, 0.717) is 16.5 Å². The molecule has 1 heterocycles. The topological polar surface area (TPSA) is 104 Å². The van der Waals surface area contributed by atoms with Crippen molar-refractivity contribution in [2.45, 2.75) is 10.9 Å². The van der Waals surface area contributed by atoms with Crippen molar-refractivity contribution >= 4 is 17.6 Å². The number of H-pyrrole nitrogens is 1. The second kappa shape index (κ2) is 6.05. The first-order chi connectivity index (χ1) is 9.19. The van der Waals surface area contributed by atoms with Crippen molar-refractivity contribution in [2.24, 2.45) is 10.9 Å². The number of benzene rings is 1. The molecule has 19 heavy (non-hydrogen) atoms. The van der Waals surface area contributed by atoms with Gasteiger partial charge in [-0.1, -0.05) is 41.2 Å². The van der Waals surface area contributed by atoms with Crippen LogP contribution in [-0.4, -0.2) is 21.0 Å². The molecule has 2 rings (SSSR count). The molecular weight excluding hydrogens is 264 g/mol. The van der Waals surface area contributed by atoms with Gasteiger partial charge in [0.05, 0.1) is 0 Å². The fraction of sp³-hybridized carbons (Fsp3) is 0.0833. The van der Waals surface area contributed by atoms with Gasteiger partial charge in [-0.05, 0) is 5.56 Å². The summed E-state index contributed by atoms with van der Waals surface area (Å²) in [6.45, 7) is 0. The minimum Gasteiger partial charge on any atom is -0.409 e. The van der Waals surface area contributed by atoms with Crippen molar-refractivity contribution in [3.63, 3.8) is 0 Å². The van der Waals surface area contributed by atoms with Crippen LogP contribution in [0.5, 0.6) is 0 Å². The maximum atomic E-state index is 11.1. The molecule has 0 atom stereocenters. The summed E-state index contributed by atoms with van der Waals surface area (Å²) in [6, 6.07) is 8.66. The summed E-state index contributed by atoms with van der Waals surface area (Å²) in [4.78, 5) is 17.8. The SMILES string of the molecule is N/C(=N\O)c1ccc(CSc2nccc(=O)[nH]2)cc1. The van der Waals surface area contributed by atoms with Gasteiger partial charge < -0.3 is 15.9 Å². The smallest absolute Gasteiger partial charge is 0.251 e. The molecule has 0 saturated carbocycles. The molecule has 0 aliphatic heterocycles. The zero-order chi connectivity index (χ0) is 13.7. The van der Waals surface area contributed by atoms with E-state index >= 15 is 0 Å². The number of nitrogens with one attached hydrogen (secondary N) is 1. The average Bonchev–Trinajstić information content (AvgIpc) is 2.45. The van der Waals surface area contributed by atoms with E-state index in [0.717, 1.165) is 5.56 Å². The highest BCUT2D eigenvalue weighted by molar-refractivity contribution is 7.98. The lowest BCUT2D eigenvalue weighted by Crippen LogP contribution is -2.12. The Bertz CT molecular complexity index is 637. The quantitative estimate of drug-likeness (QED) is 0.194. The van der Waals surface area contributed by atoms with Gasteiger partial charge in [-0.15, -0.1) is 0 Å². The largest absolute Gasteiger partial charge is 0.409 e. The molecule has 1 aromatic heterocycles. The van der Waals surface area contributed by atoms with E-state index in [2.05, 4.69) is 15.1 Å². The number of hydrogen-bond donors (Lipinski definition) is 3. The van der Waals surface area contributed by atoms with Crippen molar-refractivity contribution in [2.75, 3.05) is 0 Å².